The van der Waals surface area contributed by atoms with E-state index in [0.29, 0.717) is 11.5 Å². The Morgan fingerprint density at radius 3 is 2.59 bits per heavy atom. The molecule has 2 aliphatic heterocycles. The average Bonchev–Trinajstić information content (AvgIpc) is 3.05. The number of halogens is 3. The van der Waals surface area contributed by atoms with Gasteiger partial charge in [0.25, 0.3) is 0 Å². The third-order valence-corrected chi connectivity index (χ3v) is 8.26. The van der Waals surface area contributed by atoms with Gasteiger partial charge in [0.2, 0.25) is 0 Å². The van der Waals surface area contributed by atoms with Crippen LogP contribution in [0.5, 0.6) is 0 Å². The van der Waals surface area contributed by atoms with Crippen molar-refractivity contribution < 1.29 is 42.0 Å². The standard InChI is InChI=1S/C15H22F3NO6S2/c1-22-6-23-9-8(20)5-14(26-3-2-4-27-14)12(11-10(9)24-7-25-11)19-13(21)15(16,17)18/h8-12,20H,2-7H2,1H3,(H,19,21)/t8-,9+,10+,11-,12+/m0/s1. The lowest BCUT2D eigenvalue weighted by molar-refractivity contribution is -0.175. The van der Waals surface area contributed by atoms with Gasteiger partial charge in [-0.2, -0.15) is 13.2 Å². The molecule has 1 saturated carbocycles. The van der Waals surface area contributed by atoms with E-state index in [0.717, 1.165) is 6.42 Å². The summed E-state index contributed by atoms with van der Waals surface area (Å²) in [6.45, 7) is -0.264. The predicted octanol–water partition coefficient (Wildman–Crippen LogP) is 1.10. The largest absolute Gasteiger partial charge is 0.471 e. The summed E-state index contributed by atoms with van der Waals surface area (Å²) >= 11 is 2.88. The lowest BCUT2D eigenvalue weighted by atomic mass is 10.0. The monoisotopic (exact) mass is 433 g/mol. The number of fused-ring (bicyclic) bond motifs is 1. The quantitative estimate of drug-likeness (QED) is 0.638. The minimum Gasteiger partial charge on any atom is -0.390 e. The number of amides is 1. The zero-order valence-corrected chi connectivity index (χ0v) is 16.2. The normalized spacial score (nSPS) is 36.3. The topological polar surface area (TPSA) is 86.3 Å². The number of methoxy groups -OCH3 is 1. The summed E-state index contributed by atoms with van der Waals surface area (Å²) in [6, 6.07) is -1.000. The molecule has 3 rings (SSSR count). The van der Waals surface area contributed by atoms with Crippen LogP contribution in [0.2, 0.25) is 0 Å². The summed E-state index contributed by atoms with van der Waals surface area (Å²) in [5.74, 6) is -0.612. The average molecular weight is 433 g/mol. The number of alkyl halides is 3. The van der Waals surface area contributed by atoms with Crippen LogP contribution in [0, 0.1) is 0 Å². The number of nitrogens with one attached hydrogen (secondary N) is 1. The van der Waals surface area contributed by atoms with Gasteiger partial charge in [-0.15, -0.1) is 23.5 Å². The Hall–Kier alpha value is -0.240. The molecular weight excluding hydrogens is 411 g/mol. The molecule has 0 bridgehead atoms. The molecule has 0 aromatic carbocycles. The number of rotatable bonds is 4. The van der Waals surface area contributed by atoms with Gasteiger partial charge in [-0.05, 0) is 17.9 Å². The number of hydrogen-bond acceptors (Lipinski definition) is 8. The Morgan fingerprint density at radius 2 is 1.96 bits per heavy atom. The van der Waals surface area contributed by atoms with Crippen molar-refractivity contribution in [3.05, 3.63) is 0 Å². The van der Waals surface area contributed by atoms with Gasteiger partial charge in [0.15, 0.2) is 0 Å². The summed E-state index contributed by atoms with van der Waals surface area (Å²) in [5, 5.41) is 12.9. The highest BCUT2D eigenvalue weighted by Gasteiger charge is 2.59. The summed E-state index contributed by atoms with van der Waals surface area (Å²) in [5.41, 5.74) is 0. The van der Waals surface area contributed by atoms with Gasteiger partial charge < -0.3 is 29.4 Å². The number of thioether (sulfide) groups is 2. The van der Waals surface area contributed by atoms with E-state index in [9.17, 15) is 23.1 Å². The molecule has 3 fully saturated rings. The van der Waals surface area contributed by atoms with Crippen LogP contribution < -0.4 is 5.32 Å². The van der Waals surface area contributed by atoms with Gasteiger partial charge in [-0.3, -0.25) is 4.79 Å². The molecule has 1 spiro atoms. The number of hydrogen-bond donors (Lipinski definition) is 2. The lowest BCUT2D eigenvalue weighted by Gasteiger charge is -2.43. The van der Waals surface area contributed by atoms with Crippen LogP contribution in [-0.2, 0) is 23.7 Å². The maximum absolute atomic E-state index is 12.9. The number of ether oxygens (including phenoxy) is 4. The van der Waals surface area contributed by atoms with Crippen molar-refractivity contribution >= 4 is 29.4 Å². The van der Waals surface area contributed by atoms with E-state index in [1.165, 1.54) is 30.6 Å². The van der Waals surface area contributed by atoms with Crippen LogP contribution >= 0.6 is 23.5 Å². The van der Waals surface area contributed by atoms with E-state index in [-0.39, 0.29) is 20.0 Å². The Bertz CT molecular complexity index is 534. The van der Waals surface area contributed by atoms with E-state index in [1.54, 1.807) is 0 Å². The number of aliphatic hydroxyl groups excluding tert-OH is 1. The first-order chi connectivity index (χ1) is 12.8. The van der Waals surface area contributed by atoms with Crippen molar-refractivity contribution in [3.8, 4) is 0 Å². The van der Waals surface area contributed by atoms with Gasteiger partial charge in [-0.25, -0.2) is 0 Å². The molecular formula is C15H22F3NO6S2. The van der Waals surface area contributed by atoms with Gasteiger partial charge >= 0.3 is 12.1 Å². The molecule has 2 N–H and O–H groups in total. The zero-order chi connectivity index (χ0) is 19.7. The number of carbonyl (C=O) groups is 1. The number of aliphatic hydroxyl groups is 1. The molecule has 1 amide bonds. The molecule has 12 heteroatoms. The van der Waals surface area contributed by atoms with Crippen LogP contribution in [0.3, 0.4) is 0 Å². The molecule has 0 aromatic rings. The first-order valence-corrected chi connectivity index (χ1v) is 10.4. The third kappa shape index (κ3) is 4.51. The van der Waals surface area contributed by atoms with Gasteiger partial charge in [0.05, 0.1) is 16.2 Å². The molecule has 0 radical (unpaired) electrons. The molecule has 5 atom stereocenters. The minimum atomic E-state index is -5.02. The molecule has 156 valence electrons. The van der Waals surface area contributed by atoms with Crippen LogP contribution in [-0.4, -0.2) is 83.9 Å². The van der Waals surface area contributed by atoms with Crippen LogP contribution in [0.4, 0.5) is 13.2 Å². The first kappa shape index (κ1) is 21.5. The Morgan fingerprint density at radius 1 is 1.30 bits per heavy atom. The molecule has 27 heavy (non-hydrogen) atoms. The first-order valence-electron chi connectivity index (χ1n) is 8.46. The molecule has 1 aliphatic carbocycles. The van der Waals surface area contributed by atoms with Crippen LogP contribution in [0.1, 0.15) is 12.8 Å². The Kier molecular flexibility index (Phi) is 6.87. The van der Waals surface area contributed by atoms with Crippen LogP contribution in [0.25, 0.3) is 0 Å². The van der Waals surface area contributed by atoms with E-state index in [4.69, 9.17) is 18.9 Å². The van der Waals surface area contributed by atoms with Crippen molar-refractivity contribution in [2.75, 3.05) is 32.2 Å². The van der Waals surface area contributed by atoms with E-state index >= 15 is 0 Å². The van der Waals surface area contributed by atoms with Crippen molar-refractivity contribution in [2.45, 2.75) is 53.6 Å². The summed E-state index contributed by atoms with van der Waals surface area (Å²) in [6.07, 6.45) is -7.56. The van der Waals surface area contributed by atoms with Crippen LogP contribution in [0.15, 0.2) is 0 Å². The Labute approximate surface area is 163 Å². The molecule has 0 unspecified atom stereocenters. The highest BCUT2D eigenvalue weighted by Crippen LogP contribution is 2.52. The fraction of sp³-hybridized carbons (Fsp3) is 0.933. The maximum atomic E-state index is 12.9. The maximum Gasteiger partial charge on any atom is 0.471 e. The van der Waals surface area contributed by atoms with Crippen molar-refractivity contribution in [1.29, 1.82) is 0 Å². The molecule has 2 heterocycles. The van der Waals surface area contributed by atoms with Gasteiger partial charge in [-0.1, -0.05) is 0 Å². The second-order valence-corrected chi connectivity index (χ2v) is 9.61. The zero-order valence-electron chi connectivity index (χ0n) is 14.6. The fourth-order valence-corrected chi connectivity index (χ4v) is 7.22. The predicted molar refractivity (Wildman–Crippen MR) is 92.2 cm³/mol. The summed E-state index contributed by atoms with van der Waals surface area (Å²) in [4.78, 5) is 11.7. The second kappa shape index (κ2) is 8.64. The highest BCUT2D eigenvalue weighted by atomic mass is 32.2. The number of carbonyl (C=O) groups excluding carboxylic acids is 1. The molecule has 0 aromatic heterocycles. The molecule has 2 saturated heterocycles. The summed E-state index contributed by atoms with van der Waals surface area (Å²) in [7, 11) is 1.42. The second-order valence-electron chi connectivity index (χ2n) is 6.50. The van der Waals surface area contributed by atoms with Gasteiger partial charge in [0, 0.05) is 13.5 Å². The molecule has 7 nitrogen and oxygen atoms in total. The third-order valence-electron chi connectivity index (χ3n) is 4.75. The van der Waals surface area contributed by atoms with E-state index < -0.39 is 46.6 Å². The highest BCUT2D eigenvalue weighted by molar-refractivity contribution is 8.18. The smallest absolute Gasteiger partial charge is 0.390 e. The van der Waals surface area contributed by atoms with Crippen molar-refractivity contribution in [1.82, 2.24) is 5.32 Å². The molecule has 3 aliphatic rings. The van der Waals surface area contributed by atoms with E-state index in [1.807, 2.05) is 0 Å². The minimum absolute atomic E-state index is 0.110. The van der Waals surface area contributed by atoms with Crippen molar-refractivity contribution in [3.63, 3.8) is 0 Å². The van der Waals surface area contributed by atoms with Crippen molar-refractivity contribution in [2.24, 2.45) is 0 Å². The Balaban J connectivity index is 1.94. The summed E-state index contributed by atoms with van der Waals surface area (Å²) < 4.78 is 59.5. The SMILES string of the molecule is COCO[C@H]1[C@H]2OCO[C@@H]2[C@@H](NC(=O)C(F)(F)F)C2(C[C@@H]1O)SCCCS2. The van der Waals surface area contributed by atoms with Gasteiger partial charge in [0.1, 0.15) is 31.9 Å². The lowest BCUT2D eigenvalue weighted by Crippen LogP contribution is -2.60. The fourth-order valence-electron chi connectivity index (χ4n) is 3.61. The van der Waals surface area contributed by atoms with E-state index in [2.05, 4.69) is 5.32 Å².